The summed E-state index contributed by atoms with van der Waals surface area (Å²) in [7, 11) is 1.64. The van der Waals surface area contributed by atoms with Crippen molar-refractivity contribution in [2.45, 2.75) is 27.7 Å². The molecule has 0 radical (unpaired) electrons. The molecule has 6 heteroatoms. The van der Waals surface area contributed by atoms with Crippen molar-refractivity contribution in [3.8, 4) is 11.5 Å². The van der Waals surface area contributed by atoms with Crippen LogP contribution in [0.2, 0.25) is 0 Å². The van der Waals surface area contributed by atoms with Crippen LogP contribution < -0.4 is 14.9 Å². The largest absolute Gasteiger partial charge is 0.493 e. The Morgan fingerprint density at radius 2 is 2.09 bits per heavy atom. The van der Waals surface area contributed by atoms with E-state index in [1.54, 1.807) is 24.7 Å². The molecule has 1 aromatic carbocycles. The summed E-state index contributed by atoms with van der Waals surface area (Å²) in [6.45, 7) is 8.92. The standard InChI is InChI=1S/C17H23N3O2S/c1-11(2)10-22-15-7-6-14(8-16(15)21-5)9-18-20-17-19-12(3)13(4)23-17/h6-9,11H,10H2,1-5H3,(H,19,20)/b18-9-. The van der Waals surface area contributed by atoms with E-state index in [2.05, 4.69) is 29.4 Å². The molecule has 0 fully saturated rings. The Morgan fingerprint density at radius 3 is 2.70 bits per heavy atom. The summed E-state index contributed by atoms with van der Waals surface area (Å²) in [5.74, 6) is 1.92. The number of hydrogen-bond donors (Lipinski definition) is 1. The molecule has 1 aromatic heterocycles. The maximum atomic E-state index is 5.74. The Morgan fingerprint density at radius 1 is 1.30 bits per heavy atom. The molecule has 1 N–H and O–H groups in total. The summed E-state index contributed by atoms with van der Waals surface area (Å²) >= 11 is 1.59. The van der Waals surface area contributed by atoms with Gasteiger partial charge in [0.25, 0.3) is 0 Å². The molecule has 124 valence electrons. The molecule has 0 aliphatic heterocycles. The Kier molecular flexibility index (Phi) is 5.98. The number of nitrogens with one attached hydrogen (secondary N) is 1. The van der Waals surface area contributed by atoms with Gasteiger partial charge in [0.05, 0.1) is 25.6 Å². The second-order valence-electron chi connectivity index (χ2n) is 5.65. The van der Waals surface area contributed by atoms with Gasteiger partial charge < -0.3 is 9.47 Å². The van der Waals surface area contributed by atoms with Crippen molar-refractivity contribution < 1.29 is 9.47 Å². The molecule has 2 rings (SSSR count). The molecule has 1 heterocycles. The highest BCUT2D eigenvalue weighted by molar-refractivity contribution is 7.15. The van der Waals surface area contributed by atoms with Crippen molar-refractivity contribution >= 4 is 22.7 Å². The van der Waals surface area contributed by atoms with Gasteiger partial charge in [0.1, 0.15) is 0 Å². The number of nitrogens with zero attached hydrogens (tertiary/aromatic N) is 2. The first-order valence-electron chi connectivity index (χ1n) is 7.53. The lowest BCUT2D eigenvalue weighted by atomic mass is 10.2. The van der Waals surface area contributed by atoms with Crippen molar-refractivity contribution in [3.05, 3.63) is 34.3 Å². The first-order valence-corrected chi connectivity index (χ1v) is 8.35. The van der Waals surface area contributed by atoms with Gasteiger partial charge in [0, 0.05) is 4.88 Å². The molecule has 5 nitrogen and oxygen atoms in total. The quantitative estimate of drug-likeness (QED) is 0.608. The van der Waals surface area contributed by atoms with Crippen LogP contribution in [0.25, 0.3) is 0 Å². The third-order valence-corrected chi connectivity index (χ3v) is 4.14. The molecule has 2 aromatic rings. The number of rotatable bonds is 7. The molecule has 0 unspecified atom stereocenters. The van der Waals surface area contributed by atoms with Crippen molar-refractivity contribution in [2.75, 3.05) is 19.1 Å². The van der Waals surface area contributed by atoms with E-state index in [0.29, 0.717) is 18.3 Å². The van der Waals surface area contributed by atoms with Gasteiger partial charge in [-0.25, -0.2) is 4.98 Å². The second-order valence-corrected chi connectivity index (χ2v) is 6.85. The van der Waals surface area contributed by atoms with E-state index >= 15 is 0 Å². The summed E-state index contributed by atoms with van der Waals surface area (Å²) in [5.41, 5.74) is 4.91. The number of thiazole rings is 1. The zero-order valence-electron chi connectivity index (χ0n) is 14.2. The van der Waals surface area contributed by atoms with Crippen molar-refractivity contribution in [2.24, 2.45) is 11.0 Å². The van der Waals surface area contributed by atoms with Crippen LogP contribution in [-0.2, 0) is 0 Å². The first kappa shape index (κ1) is 17.3. The highest BCUT2D eigenvalue weighted by atomic mass is 32.1. The number of hydrogen-bond acceptors (Lipinski definition) is 6. The van der Waals surface area contributed by atoms with Gasteiger partial charge in [-0.15, -0.1) is 11.3 Å². The van der Waals surface area contributed by atoms with E-state index in [-0.39, 0.29) is 0 Å². The van der Waals surface area contributed by atoms with Crippen molar-refractivity contribution in [3.63, 3.8) is 0 Å². The lowest BCUT2D eigenvalue weighted by molar-refractivity contribution is 0.257. The van der Waals surface area contributed by atoms with Gasteiger partial charge in [0.15, 0.2) is 11.5 Å². The number of benzene rings is 1. The van der Waals surface area contributed by atoms with E-state index in [1.807, 2.05) is 32.0 Å². The normalized spacial score (nSPS) is 11.2. The van der Waals surface area contributed by atoms with Crippen molar-refractivity contribution in [1.29, 1.82) is 0 Å². The van der Waals surface area contributed by atoms with Crippen LogP contribution in [0.4, 0.5) is 5.13 Å². The predicted octanol–water partition coefficient (Wildman–Crippen LogP) is 4.25. The lowest BCUT2D eigenvalue weighted by Gasteiger charge is -2.12. The van der Waals surface area contributed by atoms with E-state index in [1.165, 1.54) is 4.88 Å². The van der Waals surface area contributed by atoms with E-state index < -0.39 is 0 Å². The number of methoxy groups -OCH3 is 1. The molecule has 0 saturated carbocycles. The Labute approximate surface area is 141 Å². The van der Waals surface area contributed by atoms with E-state index in [0.717, 1.165) is 22.1 Å². The minimum atomic E-state index is 0.468. The Bertz CT molecular complexity index is 661. The van der Waals surface area contributed by atoms with Crippen LogP contribution in [0.3, 0.4) is 0 Å². The summed E-state index contributed by atoms with van der Waals surface area (Å²) in [5, 5.41) is 5.01. The molecule has 0 amide bonds. The summed E-state index contributed by atoms with van der Waals surface area (Å²) in [4.78, 5) is 5.57. The summed E-state index contributed by atoms with van der Waals surface area (Å²) in [6, 6.07) is 5.75. The third-order valence-electron chi connectivity index (χ3n) is 3.16. The van der Waals surface area contributed by atoms with E-state index in [9.17, 15) is 0 Å². The average Bonchev–Trinajstić information content (AvgIpc) is 2.84. The molecule has 0 aliphatic rings. The minimum Gasteiger partial charge on any atom is -0.493 e. The number of aromatic nitrogens is 1. The minimum absolute atomic E-state index is 0.468. The fourth-order valence-electron chi connectivity index (χ4n) is 1.82. The maximum absolute atomic E-state index is 5.74. The van der Waals surface area contributed by atoms with Gasteiger partial charge in [-0.2, -0.15) is 5.10 Å². The maximum Gasteiger partial charge on any atom is 0.203 e. The smallest absolute Gasteiger partial charge is 0.203 e. The zero-order chi connectivity index (χ0) is 16.8. The first-order chi connectivity index (χ1) is 11.0. The molecule has 0 atom stereocenters. The fourth-order valence-corrected chi connectivity index (χ4v) is 2.59. The van der Waals surface area contributed by atoms with E-state index in [4.69, 9.17) is 9.47 Å². The highest BCUT2D eigenvalue weighted by Gasteiger charge is 2.06. The highest BCUT2D eigenvalue weighted by Crippen LogP contribution is 2.28. The Balaban J connectivity index is 2.03. The van der Waals surface area contributed by atoms with Crippen LogP contribution in [0.15, 0.2) is 23.3 Å². The molecule has 23 heavy (non-hydrogen) atoms. The van der Waals surface area contributed by atoms with Gasteiger partial charge >= 0.3 is 0 Å². The molecule has 0 spiro atoms. The van der Waals surface area contributed by atoms with Crippen molar-refractivity contribution in [1.82, 2.24) is 4.98 Å². The lowest BCUT2D eigenvalue weighted by Crippen LogP contribution is -2.05. The van der Waals surface area contributed by atoms with Crippen LogP contribution in [-0.4, -0.2) is 24.9 Å². The second kappa shape index (κ2) is 7.97. The third kappa shape index (κ3) is 4.96. The van der Waals surface area contributed by atoms with Gasteiger partial charge in [0.2, 0.25) is 5.13 Å². The molecular formula is C17H23N3O2S. The van der Waals surface area contributed by atoms with Crippen LogP contribution in [0.5, 0.6) is 11.5 Å². The molecule has 0 aliphatic carbocycles. The monoisotopic (exact) mass is 333 g/mol. The number of anilines is 1. The van der Waals surface area contributed by atoms with Gasteiger partial charge in [-0.1, -0.05) is 13.8 Å². The zero-order valence-corrected chi connectivity index (χ0v) is 15.0. The van der Waals surface area contributed by atoms with Gasteiger partial charge in [-0.3, -0.25) is 5.43 Å². The number of ether oxygens (including phenoxy) is 2. The van der Waals surface area contributed by atoms with Crippen LogP contribution in [0.1, 0.15) is 30.0 Å². The predicted molar refractivity (Wildman–Crippen MR) is 96.1 cm³/mol. The fraction of sp³-hybridized carbons (Fsp3) is 0.412. The van der Waals surface area contributed by atoms with Crippen LogP contribution >= 0.6 is 11.3 Å². The molecule has 0 bridgehead atoms. The number of hydrazone groups is 1. The topological polar surface area (TPSA) is 55.7 Å². The average molecular weight is 333 g/mol. The summed E-state index contributed by atoms with van der Waals surface area (Å²) in [6.07, 6.45) is 1.74. The SMILES string of the molecule is COc1cc(/C=N\Nc2nc(C)c(C)s2)ccc1OCC(C)C. The molecular weight excluding hydrogens is 310 g/mol. The Hall–Kier alpha value is -2.08. The number of aryl methyl sites for hydroxylation is 2. The summed E-state index contributed by atoms with van der Waals surface area (Å²) < 4.78 is 11.1. The van der Waals surface area contributed by atoms with Gasteiger partial charge in [-0.05, 0) is 43.5 Å². The molecule has 0 saturated heterocycles. The van der Waals surface area contributed by atoms with Crippen LogP contribution in [0, 0.1) is 19.8 Å².